The van der Waals surface area contributed by atoms with Crippen molar-refractivity contribution in [2.75, 3.05) is 0 Å². The van der Waals surface area contributed by atoms with Crippen molar-refractivity contribution in [2.24, 2.45) is 0 Å². The van der Waals surface area contributed by atoms with Crippen LogP contribution < -0.4 is 0 Å². The molecule has 0 fully saturated rings. The van der Waals surface area contributed by atoms with Crippen molar-refractivity contribution >= 4 is 17.7 Å². The Hall–Kier alpha value is -0.750. The first-order chi connectivity index (χ1) is 5.20. The average molecular weight is 167 g/mol. The van der Waals surface area contributed by atoms with E-state index in [4.69, 9.17) is 11.6 Å². The zero-order chi connectivity index (χ0) is 8.27. The molecule has 0 saturated heterocycles. The third-order valence-corrected chi connectivity index (χ3v) is 1.69. The van der Waals surface area contributed by atoms with Gasteiger partial charge in [0, 0.05) is 5.02 Å². The summed E-state index contributed by atoms with van der Waals surface area (Å²) in [7, 11) is 0. The van der Waals surface area contributed by atoms with Gasteiger partial charge in [0.1, 0.15) is 0 Å². The molecule has 0 atom stereocenters. The molecule has 1 heteroatoms. The molecular formula is C10H11Cl. The van der Waals surface area contributed by atoms with Crippen molar-refractivity contribution in [2.45, 2.75) is 13.8 Å². The number of allylic oxidation sites excluding steroid dienone is 1. The van der Waals surface area contributed by atoms with Gasteiger partial charge in [-0.25, -0.2) is 0 Å². The maximum Gasteiger partial charge on any atom is 0.0478 e. The Morgan fingerprint density at radius 1 is 1.27 bits per heavy atom. The molecule has 0 unspecified atom stereocenters. The van der Waals surface area contributed by atoms with Gasteiger partial charge in [0.2, 0.25) is 0 Å². The molecular weight excluding hydrogens is 156 g/mol. The number of hydrogen-bond donors (Lipinski definition) is 0. The van der Waals surface area contributed by atoms with Crippen LogP contribution in [-0.4, -0.2) is 0 Å². The highest BCUT2D eigenvalue weighted by molar-refractivity contribution is 6.32. The molecule has 58 valence electrons. The van der Waals surface area contributed by atoms with Crippen molar-refractivity contribution < 1.29 is 0 Å². The first-order valence-electron chi connectivity index (χ1n) is 3.59. The Labute approximate surface area is 72.5 Å². The Morgan fingerprint density at radius 3 is 2.45 bits per heavy atom. The fraction of sp³-hybridized carbons (Fsp3) is 0.200. The highest BCUT2D eigenvalue weighted by Gasteiger charge is 1.92. The predicted octanol–water partition coefficient (Wildman–Crippen LogP) is 3.76. The molecule has 0 aliphatic heterocycles. The lowest BCUT2D eigenvalue weighted by Crippen LogP contribution is -1.74. The number of rotatable bonds is 1. The Kier molecular flexibility index (Phi) is 2.72. The van der Waals surface area contributed by atoms with Gasteiger partial charge in [0.15, 0.2) is 0 Å². The van der Waals surface area contributed by atoms with Gasteiger partial charge < -0.3 is 0 Å². The van der Waals surface area contributed by atoms with Crippen molar-refractivity contribution in [3.63, 3.8) is 0 Å². The van der Waals surface area contributed by atoms with Gasteiger partial charge in [0.25, 0.3) is 0 Å². The van der Waals surface area contributed by atoms with E-state index in [1.54, 1.807) is 0 Å². The molecule has 1 aromatic rings. The maximum absolute atomic E-state index is 5.92. The van der Waals surface area contributed by atoms with E-state index in [1.807, 2.05) is 24.3 Å². The lowest BCUT2D eigenvalue weighted by atomic mass is 10.1. The lowest BCUT2D eigenvalue weighted by Gasteiger charge is -1.96. The highest BCUT2D eigenvalue weighted by atomic mass is 35.5. The van der Waals surface area contributed by atoms with E-state index >= 15 is 0 Å². The van der Waals surface area contributed by atoms with Gasteiger partial charge in [-0.3, -0.25) is 0 Å². The van der Waals surface area contributed by atoms with Crippen molar-refractivity contribution in [3.05, 3.63) is 40.4 Å². The minimum atomic E-state index is 0.814. The van der Waals surface area contributed by atoms with Gasteiger partial charge in [-0.2, -0.15) is 0 Å². The molecule has 0 bridgehead atoms. The van der Waals surface area contributed by atoms with Crippen LogP contribution in [-0.2, 0) is 0 Å². The molecule has 0 saturated carbocycles. The first kappa shape index (κ1) is 8.35. The summed E-state index contributed by atoms with van der Waals surface area (Å²) in [5, 5.41) is 0.814. The Morgan fingerprint density at radius 2 is 1.91 bits per heavy atom. The van der Waals surface area contributed by atoms with Crippen LogP contribution in [0.5, 0.6) is 0 Å². The quantitative estimate of drug-likeness (QED) is 0.596. The monoisotopic (exact) mass is 166 g/mol. The largest absolute Gasteiger partial charge is 0.0837 e. The molecule has 0 radical (unpaired) electrons. The van der Waals surface area contributed by atoms with Crippen LogP contribution in [0.3, 0.4) is 0 Å². The molecule has 0 aliphatic rings. The van der Waals surface area contributed by atoms with Crippen LogP contribution in [0.15, 0.2) is 29.8 Å². The third kappa shape index (κ3) is 2.39. The average Bonchev–Trinajstić information content (AvgIpc) is 1.93. The predicted molar refractivity (Wildman–Crippen MR) is 50.8 cm³/mol. The molecule has 0 nitrogen and oxygen atoms in total. The summed E-state index contributed by atoms with van der Waals surface area (Å²) in [5.41, 5.74) is 2.35. The van der Waals surface area contributed by atoms with E-state index in [9.17, 15) is 0 Å². The first-order valence-corrected chi connectivity index (χ1v) is 3.97. The number of benzene rings is 1. The van der Waals surface area contributed by atoms with Crippen LogP contribution in [0.25, 0.3) is 6.08 Å². The molecule has 0 aliphatic carbocycles. The van der Waals surface area contributed by atoms with Crippen LogP contribution in [0, 0.1) is 0 Å². The van der Waals surface area contributed by atoms with E-state index < -0.39 is 0 Å². The standard InChI is InChI=1S/C10H11Cl/c1-8(2)7-9-5-3-4-6-10(9)11/h3-7H,1-2H3. The van der Waals surface area contributed by atoms with E-state index in [1.165, 1.54) is 5.57 Å². The van der Waals surface area contributed by atoms with Gasteiger partial charge in [-0.15, -0.1) is 0 Å². The second-order valence-corrected chi connectivity index (χ2v) is 3.15. The second-order valence-electron chi connectivity index (χ2n) is 2.74. The van der Waals surface area contributed by atoms with Gasteiger partial charge in [-0.1, -0.05) is 41.4 Å². The second kappa shape index (κ2) is 3.59. The van der Waals surface area contributed by atoms with Crippen LogP contribution >= 0.6 is 11.6 Å². The summed E-state index contributed by atoms with van der Waals surface area (Å²) in [6.45, 7) is 4.12. The Bertz CT molecular complexity index is 270. The molecule has 0 spiro atoms. The summed E-state index contributed by atoms with van der Waals surface area (Å²) >= 11 is 5.92. The zero-order valence-corrected chi connectivity index (χ0v) is 7.52. The highest BCUT2D eigenvalue weighted by Crippen LogP contribution is 2.17. The summed E-state index contributed by atoms with van der Waals surface area (Å²) in [6, 6.07) is 7.83. The van der Waals surface area contributed by atoms with Gasteiger partial charge >= 0.3 is 0 Å². The van der Waals surface area contributed by atoms with Gasteiger partial charge in [-0.05, 0) is 25.5 Å². The zero-order valence-electron chi connectivity index (χ0n) is 6.76. The van der Waals surface area contributed by atoms with Crippen molar-refractivity contribution in [1.82, 2.24) is 0 Å². The van der Waals surface area contributed by atoms with E-state index in [-0.39, 0.29) is 0 Å². The fourth-order valence-electron chi connectivity index (χ4n) is 0.903. The molecule has 1 aromatic carbocycles. The van der Waals surface area contributed by atoms with Crippen LogP contribution in [0.4, 0.5) is 0 Å². The van der Waals surface area contributed by atoms with E-state index in [0.29, 0.717) is 0 Å². The maximum atomic E-state index is 5.92. The molecule has 1 rings (SSSR count). The summed E-state index contributed by atoms with van der Waals surface area (Å²) in [6.07, 6.45) is 2.07. The molecule has 0 amide bonds. The van der Waals surface area contributed by atoms with E-state index in [2.05, 4.69) is 19.9 Å². The lowest BCUT2D eigenvalue weighted by molar-refractivity contribution is 1.42. The third-order valence-electron chi connectivity index (χ3n) is 1.35. The Balaban J connectivity index is 3.04. The van der Waals surface area contributed by atoms with Gasteiger partial charge in [0.05, 0.1) is 0 Å². The SMILES string of the molecule is CC(C)=Cc1ccccc1Cl. The summed E-state index contributed by atoms with van der Waals surface area (Å²) in [5.74, 6) is 0. The normalized spacial score (nSPS) is 9.36. The van der Waals surface area contributed by atoms with Crippen LogP contribution in [0.1, 0.15) is 19.4 Å². The number of halogens is 1. The van der Waals surface area contributed by atoms with Crippen molar-refractivity contribution in [3.8, 4) is 0 Å². The fourth-order valence-corrected chi connectivity index (χ4v) is 1.09. The van der Waals surface area contributed by atoms with Crippen LogP contribution in [0.2, 0.25) is 5.02 Å². The summed E-state index contributed by atoms with van der Waals surface area (Å²) in [4.78, 5) is 0. The molecule has 0 N–H and O–H groups in total. The smallest absolute Gasteiger partial charge is 0.0478 e. The molecule has 11 heavy (non-hydrogen) atoms. The molecule has 0 aromatic heterocycles. The molecule has 0 heterocycles. The van der Waals surface area contributed by atoms with E-state index in [0.717, 1.165) is 10.6 Å². The minimum Gasteiger partial charge on any atom is -0.0837 e. The number of hydrogen-bond acceptors (Lipinski definition) is 0. The minimum absolute atomic E-state index is 0.814. The topological polar surface area (TPSA) is 0 Å². The summed E-state index contributed by atoms with van der Waals surface area (Å²) < 4.78 is 0. The van der Waals surface area contributed by atoms with Crippen molar-refractivity contribution in [1.29, 1.82) is 0 Å².